The molecule has 0 heterocycles. The van der Waals surface area contributed by atoms with Crippen molar-refractivity contribution in [1.29, 1.82) is 0 Å². The number of hydrogen-bond acceptors (Lipinski definition) is 3. The van der Waals surface area contributed by atoms with E-state index >= 15 is 0 Å². The van der Waals surface area contributed by atoms with Crippen LogP contribution in [0.4, 0.5) is 0 Å². The fraction of sp³-hybridized carbons (Fsp3) is 0.556. The predicted octanol–water partition coefficient (Wildman–Crippen LogP) is 4.70. The van der Waals surface area contributed by atoms with Crippen molar-refractivity contribution < 1.29 is 9.47 Å². The van der Waals surface area contributed by atoms with E-state index in [1.165, 1.54) is 21.6 Å². The third-order valence-electron chi connectivity index (χ3n) is 3.64. The Morgan fingerprint density at radius 3 is 2.14 bits per heavy atom. The zero-order valence-corrected chi connectivity index (χ0v) is 14.8. The molecule has 1 aromatic carbocycles. The van der Waals surface area contributed by atoms with Crippen molar-refractivity contribution >= 4 is 11.8 Å². The number of benzene rings is 1. The Kier molecular flexibility index (Phi) is 8.09. The summed E-state index contributed by atoms with van der Waals surface area (Å²) in [5.74, 6) is 0.943. The van der Waals surface area contributed by atoms with Crippen LogP contribution in [0.15, 0.2) is 29.7 Å². The van der Waals surface area contributed by atoms with E-state index in [2.05, 4.69) is 39.5 Å². The van der Waals surface area contributed by atoms with Gasteiger partial charge < -0.3 is 9.47 Å². The molecule has 21 heavy (non-hydrogen) atoms. The van der Waals surface area contributed by atoms with Gasteiger partial charge in [0.25, 0.3) is 0 Å². The van der Waals surface area contributed by atoms with Crippen LogP contribution >= 0.6 is 11.8 Å². The Bertz CT molecular complexity index is 434. The van der Waals surface area contributed by atoms with E-state index < -0.39 is 0 Å². The van der Waals surface area contributed by atoms with Crippen molar-refractivity contribution in [2.24, 2.45) is 0 Å². The molecule has 1 rings (SSSR count). The minimum absolute atomic E-state index is 0.188. The summed E-state index contributed by atoms with van der Waals surface area (Å²) in [7, 11) is 3.53. The van der Waals surface area contributed by atoms with Gasteiger partial charge in [0.05, 0.1) is 12.2 Å². The fourth-order valence-electron chi connectivity index (χ4n) is 2.57. The zero-order valence-electron chi connectivity index (χ0n) is 13.9. The normalized spacial score (nSPS) is 14.0. The van der Waals surface area contributed by atoms with Crippen molar-refractivity contribution in [2.45, 2.75) is 50.7 Å². The maximum atomic E-state index is 5.62. The van der Waals surface area contributed by atoms with Crippen LogP contribution in [0.25, 0.3) is 0 Å². The molecule has 0 aliphatic heterocycles. The summed E-state index contributed by atoms with van der Waals surface area (Å²) in [5, 5.41) is 0. The first kappa shape index (κ1) is 18.3. The number of ether oxygens (including phenoxy) is 2. The monoisotopic (exact) mass is 308 g/mol. The van der Waals surface area contributed by atoms with Gasteiger partial charge >= 0.3 is 0 Å². The third-order valence-corrected chi connectivity index (χ3v) is 5.11. The number of hydrogen-bond donors (Lipinski definition) is 0. The van der Waals surface area contributed by atoms with E-state index in [1.54, 1.807) is 14.2 Å². The zero-order chi connectivity index (χ0) is 15.8. The van der Waals surface area contributed by atoms with Crippen molar-refractivity contribution in [1.82, 2.24) is 0 Å². The van der Waals surface area contributed by atoms with E-state index in [1.807, 2.05) is 17.8 Å². The highest BCUT2D eigenvalue weighted by Crippen LogP contribution is 2.29. The van der Waals surface area contributed by atoms with E-state index in [4.69, 9.17) is 9.47 Å². The lowest BCUT2D eigenvalue weighted by atomic mass is 10.1. The maximum Gasteiger partial charge on any atom is 0.0690 e. The van der Waals surface area contributed by atoms with E-state index in [-0.39, 0.29) is 12.2 Å². The van der Waals surface area contributed by atoms with Crippen LogP contribution in [0.3, 0.4) is 0 Å². The second-order valence-electron chi connectivity index (χ2n) is 5.51. The number of aryl methyl sites for hydroxylation is 3. The molecule has 0 radical (unpaired) electrons. The Hall–Kier alpha value is -0.770. The number of methoxy groups -OCH3 is 2. The molecule has 3 heteroatoms. The molecular weight excluding hydrogens is 280 g/mol. The van der Waals surface area contributed by atoms with Gasteiger partial charge in [0.15, 0.2) is 0 Å². The first-order valence-corrected chi connectivity index (χ1v) is 8.37. The SMILES string of the molecule is C=CCC(CC(CSc1c(C)cc(C)cc1C)OC)OC. The van der Waals surface area contributed by atoms with E-state index in [0.29, 0.717) is 0 Å². The molecule has 2 unspecified atom stereocenters. The molecule has 0 fully saturated rings. The molecule has 1 aromatic rings. The Balaban J connectivity index is 2.65. The summed E-state index contributed by atoms with van der Waals surface area (Å²) < 4.78 is 11.1. The van der Waals surface area contributed by atoms with Gasteiger partial charge in [0.2, 0.25) is 0 Å². The second kappa shape index (κ2) is 9.29. The van der Waals surface area contributed by atoms with Gasteiger partial charge in [-0.1, -0.05) is 23.8 Å². The van der Waals surface area contributed by atoms with Crippen LogP contribution < -0.4 is 0 Å². The Morgan fingerprint density at radius 1 is 1.10 bits per heavy atom. The van der Waals surface area contributed by atoms with Crippen LogP contribution in [-0.4, -0.2) is 32.2 Å². The second-order valence-corrected chi connectivity index (χ2v) is 6.54. The summed E-state index contributed by atoms with van der Waals surface area (Å²) in [5.41, 5.74) is 4.02. The Morgan fingerprint density at radius 2 is 1.67 bits per heavy atom. The summed E-state index contributed by atoms with van der Waals surface area (Å²) in [6.45, 7) is 10.3. The minimum atomic E-state index is 0.188. The molecular formula is C18H28O2S. The molecule has 0 amide bonds. The standard InChI is InChI=1S/C18H28O2S/c1-7-8-16(19-5)11-17(20-6)12-21-18-14(3)9-13(2)10-15(18)4/h7,9-10,16-17H,1,8,11-12H2,2-6H3. The van der Waals surface area contributed by atoms with Crippen LogP contribution in [0, 0.1) is 20.8 Å². The Labute approximate surface area is 133 Å². The lowest BCUT2D eigenvalue weighted by Crippen LogP contribution is -2.23. The highest BCUT2D eigenvalue weighted by atomic mass is 32.2. The van der Waals surface area contributed by atoms with Crippen molar-refractivity contribution in [3.8, 4) is 0 Å². The van der Waals surface area contributed by atoms with Crippen LogP contribution in [-0.2, 0) is 9.47 Å². The highest BCUT2D eigenvalue weighted by Gasteiger charge is 2.16. The van der Waals surface area contributed by atoms with Gasteiger partial charge in [-0.05, 0) is 38.3 Å². The first-order chi connectivity index (χ1) is 10.0. The molecule has 0 spiro atoms. The topological polar surface area (TPSA) is 18.5 Å². The fourth-order valence-corrected chi connectivity index (χ4v) is 3.77. The summed E-state index contributed by atoms with van der Waals surface area (Å²) in [6.07, 6.45) is 4.05. The molecule has 0 aromatic heterocycles. The molecule has 0 N–H and O–H groups in total. The molecule has 0 saturated carbocycles. The summed E-state index contributed by atoms with van der Waals surface area (Å²) in [6, 6.07) is 4.49. The average Bonchev–Trinajstić information content (AvgIpc) is 2.43. The smallest absolute Gasteiger partial charge is 0.0690 e. The van der Waals surface area contributed by atoms with Crippen molar-refractivity contribution in [3.05, 3.63) is 41.5 Å². The molecule has 0 aliphatic rings. The summed E-state index contributed by atoms with van der Waals surface area (Å²) in [4.78, 5) is 1.38. The number of thioether (sulfide) groups is 1. The lowest BCUT2D eigenvalue weighted by molar-refractivity contribution is 0.0343. The molecule has 2 atom stereocenters. The van der Waals surface area contributed by atoms with Crippen LogP contribution in [0.5, 0.6) is 0 Å². The molecule has 0 aliphatic carbocycles. The highest BCUT2D eigenvalue weighted by molar-refractivity contribution is 7.99. The minimum Gasteiger partial charge on any atom is -0.381 e. The van der Waals surface area contributed by atoms with Gasteiger partial charge in [-0.15, -0.1) is 18.3 Å². The lowest BCUT2D eigenvalue weighted by Gasteiger charge is -2.21. The van der Waals surface area contributed by atoms with Gasteiger partial charge in [-0.2, -0.15) is 0 Å². The van der Waals surface area contributed by atoms with Crippen LogP contribution in [0.1, 0.15) is 29.5 Å². The molecule has 0 saturated heterocycles. The summed E-state index contributed by atoms with van der Waals surface area (Å²) >= 11 is 1.88. The van der Waals surface area contributed by atoms with Crippen molar-refractivity contribution in [3.63, 3.8) is 0 Å². The van der Waals surface area contributed by atoms with Gasteiger partial charge in [0.1, 0.15) is 0 Å². The van der Waals surface area contributed by atoms with Gasteiger partial charge in [-0.25, -0.2) is 0 Å². The maximum absolute atomic E-state index is 5.62. The first-order valence-electron chi connectivity index (χ1n) is 7.38. The molecule has 118 valence electrons. The van der Waals surface area contributed by atoms with Gasteiger partial charge in [0, 0.05) is 31.3 Å². The van der Waals surface area contributed by atoms with Gasteiger partial charge in [-0.3, -0.25) is 0 Å². The average molecular weight is 308 g/mol. The van der Waals surface area contributed by atoms with Crippen LogP contribution in [0.2, 0.25) is 0 Å². The predicted molar refractivity (Wildman–Crippen MR) is 92.4 cm³/mol. The van der Waals surface area contributed by atoms with Crippen molar-refractivity contribution in [2.75, 3.05) is 20.0 Å². The third kappa shape index (κ3) is 5.85. The largest absolute Gasteiger partial charge is 0.381 e. The van der Waals surface area contributed by atoms with E-state index in [9.17, 15) is 0 Å². The van der Waals surface area contributed by atoms with E-state index in [0.717, 1.165) is 18.6 Å². The number of rotatable bonds is 9. The molecule has 0 bridgehead atoms. The molecule has 2 nitrogen and oxygen atoms in total. The quantitative estimate of drug-likeness (QED) is 0.486.